The fraction of sp³-hybridized carbons (Fsp3) is 1.00. The van der Waals surface area contributed by atoms with Crippen molar-refractivity contribution in [3.63, 3.8) is 0 Å². The third kappa shape index (κ3) is 12.6. The molecule has 116 valence electrons. The van der Waals surface area contributed by atoms with E-state index in [0.717, 1.165) is 51.9 Å². The van der Waals surface area contributed by atoms with Crippen LogP contribution in [0.2, 0.25) is 0 Å². The largest absolute Gasteiger partial charge is 0.385 e. The van der Waals surface area contributed by atoms with Crippen molar-refractivity contribution in [2.45, 2.75) is 58.2 Å². The molecular weight excluding hydrogens is 244 g/mol. The predicted molar refractivity (Wildman–Crippen MR) is 77.7 cm³/mol. The van der Waals surface area contributed by atoms with Crippen LogP contribution in [0.1, 0.15) is 46.0 Å². The SMILES string of the molecule is CCC(CCCOCCCCOC)OC(C)COC. The van der Waals surface area contributed by atoms with Crippen LogP contribution in [0, 0.1) is 0 Å². The molecule has 0 spiro atoms. The van der Waals surface area contributed by atoms with Crippen molar-refractivity contribution in [2.24, 2.45) is 0 Å². The monoisotopic (exact) mass is 276 g/mol. The van der Waals surface area contributed by atoms with Gasteiger partial charge in [0.2, 0.25) is 0 Å². The second-order valence-electron chi connectivity index (χ2n) is 4.89. The average Bonchev–Trinajstić information content (AvgIpc) is 2.40. The number of methoxy groups -OCH3 is 2. The molecule has 0 aromatic heterocycles. The summed E-state index contributed by atoms with van der Waals surface area (Å²) in [6.07, 6.45) is 5.80. The molecule has 0 aliphatic heterocycles. The van der Waals surface area contributed by atoms with Gasteiger partial charge in [0, 0.05) is 34.0 Å². The van der Waals surface area contributed by atoms with Gasteiger partial charge in [-0.25, -0.2) is 0 Å². The van der Waals surface area contributed by atoms with Crippen LogP contribution in [0.4, 0.5) is 0 Å². The highest BCUT2D eigenvalue weighted by atomic mass is 16.5. The number of hydrogen-bond donors (Lipinski definition) is 0. The molecule has 19 heavy (non-hydrogen) atoms. The lowest BCUT2D eigenvalue weighted by molar-refractivity contribution is -0.0458. The molecule has 0 fully saturated rings. The Hall–Kier alpha value is -0.160. The summed E-state index contributed by atoms with van der Waals surface area (Å²) in [5, 5.41) is 0. The second-order valence-corrected chi connectivity index (χ2v) is 4.89. The van der Waals surface area contributed by atoms with Crippen LogP contribution in [0.5, 0.6) is 0 Å². The molecule has 0 rings (SSSR count). The van der Waals surface area contributed by atoms with Gasteiger partial charge in [-0.05, 0) is 39.0 Å². The highest BCUT2D eigenvalue weighted by Gasteiger charge is 2.11. The number of hydrogen-bond acceptors (Lipinski definition) is 4. The third-order valence-corrected chi connectivity index (χ3v) is 2.98. The van der Waals surface area contributed by atoms with Gasteiger partial charge in [0.25, 0.3) is 0 Å². The van der Waals surface area contributed by atoms with E-state index in [-0.39, 0.29) is 6.10 Å². The summed E-state index contributed by atoms with van der Waals surface area (Å²) in [7, 11) is 3.44. The molecule has 0 aromatic rings. The fourth-order valence-corrected chi connectivity index (χ4v) is 1.94. The van der Waals surface area contributed by atoms with Gasteiger partial charge in [0.05, 0.1) is 18.8 Å². The Morgan fingerprint density at radius 1 is 0.895 bits per heavy atom. The summed E-state index contributed by atoms with van der Waals surface area (Å²) in [5.41, 5.74) is 0. The van der Waals surface area contributed by atoms with E-state index < -0.39 is 0 Å². The molecule has 0 aromatic carbocycles. The maximum atomic E-state index is 5.90. The van der Waals surface area contributed by atoms with E-state index in [1.165, 1.54) is 0 Å². The number of unbranched alkanes of at least 4 members (excludes halogenated alkanes) is 1. The zero-order valence-electron chi connectivity index (χ0n) is 13.2. The standard InChI is InChI=1S/C15H32O4/c1-5-15(19-14(2)13-17-4)9-8-12-18-11-7-6-10-16-3/h14-15H,5-13H2,1-4H3. The van der Waals surface area contributed by atoms with E-state index in [0.29, 0.717) is 12.7 Å². The Morgan fingerprint density at radius 3 is 2.21 bits per heavy atom. The quantitative estimate of drug-likeness (QED) is 0.457. The Bertz CT molecular complexity index is 176. The van der Waals surface area contributed by atoms with Gasteiger partial charge in [-0.2, -0.15) is 0 Å². The van der Waals surface area contributed by atoms with Gasteiger partial charge >= 0.3 is 0 Å². The lowest BCUT2D eigenvalue weighted by Gasteiger charge is -2.21. The molecule has 0 radical (unpaired) electrons. The Kier molecular flexibility index (Phi) is 14.1. The Morgan fingerprint density at radius 2 is 1.58 bits per heavy atom. The van der Waals surface area contributed by atoms with Gasteiger partial charge in [-0.1, -0.05) is 6.92 Å². The minimum absolute atomic E-state index is 0.171. The van der Waals surface area contributed by atoms with Crippen LogP contribution in [-0.4, -0.2) is 52.9 Å². The average molecular weight is 276 g/mol. The van der Waals surface area contributed by atoms with Gasteiger partial charge in [0.1, 0.15) is 0 Å². The molecule has 2 atom stereocenters. The molecule has 0 aliphatic rings. The van der Waals surface area contributed by atoms with Gasteiger partial charge in [-0.15, -0.1) is 0 Å². The molecule has 4 nitrogen and oxygen atoms in total. The first kappa shape index (κ1) is 18.8. The molecule has 4 heteroatoms. The third-order valence-electron chi connectivity index (χ3n) is 2.98. The van der Waals surface area contributed by atoms with E-state index in [4.69, 9.17) is 18.9 Å². The smallest absolute Gasteiger partial charge is 0.0784 e. The summed E-state index contributed by atoms with van der Waals surface area (Å²) < 4.78 is 21.6. The lowest BCUT2D eigenvalue weighted by Crippen LogP contribution is -2.23. The van der Waals surface area contributed by atoms with Crippen molar-refractivity contribution in [1.82, 2.24) is 0 Å². The molecule has 0 saturated carbocycles. The summed E-state index contributed by atoms with van der Waals surface area (Å²) in [6.45, 7) is 7.36. The zero-order valence-corrected chi connectivity index (χ0v) is 13.2. The van der Waals surface area contributed by atoms with Crippen molar-refractivity contribution >= 4 is 0 Å². The second kappa shape index (κ2) is 14.3. The van der Waals surface area contributed by atoms with E-state index >= 15 is 0 Å². The van der Waals surface area contributed by atoms with Crippen LogP contribution in [0.3, 0.4) is 0 Å². The molecule has 0 N–H and O–H groups in total. The Balaban J connectivity index is 3.40. The minimum atomic E-state index is 0.171. The molecule has 0 aliphatic carbocycles. The van der Waals surface area contributed by atoms with Crippen molar-refractivity contribution < 1.29 is 18.9 Å². The van der Waals surface area contributed by atoms with E-state index in [9.17, 15) is 0 Å². The highest BCUT2D eigenvalue weighted by Crippen LogP contribution is 2.10. The van der Waals surface area contributed by atoms with Crippen LogP contribution in [0.15, 0.2) is 0 Å². The normalized spacial score (nSPS) is 14.5. The minimum Gasteiger partial charge on any atom is -0.385 e. The first-order valence-electron chi connectivity index (χ1n) is 7.45. The van der Waals surface area contributed by atoms with Crippen molar-refractivity contribution in [2.75, 3.05) is 40.6 Å². The van der Waals surface area contributed by atoms with E-state index in [2.05, 4.69) is 13.8 Å². The predicted octanol–water partition coefficient (Wildman–Crippen LogP) is 3.04. The topological polar surface area (TPSA) is 36.9 Å². The van der Waals surface area contributed by atoms with Gasteiger partial charge < -0.3 is 18.9 Å². The van der Waals surface area contributed by atoms with Crippen LogP contribution >= 0.6 is 0 Å². The van der Waals surface area contributed by atoms with E-state index in [1.54, 1.807) is 14.2 Å². The lowest BCUT2D eigenvalue weighted by atomic mass is 10.1. The molecular formula is C15H32O4. The van der Waals surface area contributed by atoms with Crippen LogP contribution in [0.25, 0.3) is 0 Å². The van der Waals surface area contributed by atoms with E-state index in [1.807, 2.05) is 0 Å². The first-order valence-corrected chi connectivity index (χ1v) is 7.45. The summed E-state index contributed by atoms with van der Waals surface area (Å²) in [5.74, 6) is 0. The number of ether oxygens (including phenoxy) is 4. The first-order chi connectivity index (χ1) is 9.24. The summed E-state index contributed by atoms with van der Waals surface area (Å²) in [4.78, 5) is 0. The molecule has 0 saturated heterocycles. The van der Waals surface area contributed by atoms with Crippen LogP contribution < -0.4 is 0 Å². The maximum Gasteiger partial charge on any atom is 0.0784 e. The zero-order chi connectivity index (χ0) is 14.3. The summed E-state index contributed by atoms with van der Waals surface area (Å²) in [6, 6.07) is 0. The van der Waals surface area contributed by atoms with Crippen LogP contribution in [-0.2, 0) is 18.9 Å². The number of rotatable bonds is 14. The molecule has 2 unspecified atom stereocenters. The summed E-state index contributed by atoms with van der Waals surface area (Å²) >= 11 is 0. The van der Waals surface area contributed by atoms with Gasteiger partial charge in [0.15, 0.2) is 0 Å². The van der Waals surface area contributed by atoms with Crippen molar-refractivity contribution in [3.05, 3.63) is 0 Å². The highest BCUT2D eigenvalue weighted by molar-refractivity contribution is 4.59. The molecule has 0 heterocycles. The molecule has 0 amide bonds. The van der Waals surface area contributed by atoms with Gasteiger partial charge in [-0.3, -0.25) is 0 Å². The fourth-order valence-electron chi connectivity index (χ4n) is 1.94. The van der Waals surface area contributed by atoms with Crippen molar-refractivity contribution in [1.29, 1.82) is 0 Å². The van der Waals surface area contributed by atoms with Crippen molar-refractivity contribution in [3.8, 4) is 0 Å². The Labute approximate surface area is 118 Å². The molecule has 0 bridgehead atoms. The maximum absolute atomic E-state index is 5.90.